The molecule has 1 unspecified atom stereocenters. The Kier molecular flexibility index (Phi) is 3.97. The van der Waals surface area contributed by atoms with Gasteiger partial charge in [-0.2, -0.15) is 0 Å². The number of rotatable bonds is 5. The Balaban J connectivity index is 2.28. The molecule has 2 aromatic heterocycles. The van der Waals surface area contributed by atoms with Crippen molar-refractivity contribution in [1.29, 1.82) is 0 Å². The smallest absolute Gasteiger partial charge is 0.130 e. The molecule has 4 heteroatoms. The second-order valence-electron chi connectivity index (χ2n) is 4.27. The molecule has 17 heavy (non-hydrogen) atoms. The highest BCUT2D eigenvalue weighted by molar-refractivity contribution is 7.10. The van der Waals surface area contributed by atoms with Crippen molar-refractivity contribution < 1.29 is 0 Å². The predicted octanol–water partition coefficient (Wildman–Crippen LogP) is 2.88. The van der Waals surface area contributed by atoms with Crippen LogP contribution in [0.3, 0.4) is 0 Å². The normalized spacial score (nSPS) is 12.9. The molecule has 0 aromatic carbocycles. The lowest BCUT2D eigenvalue weighted by molar-refractivity contribution is 0.557. The van der Waals surface area contributed by atoms with Gasteiger partial charge in [-0.3, -0.25) is 0 Å². The van der Waals surface area contributed by atoms with Crippen molar-refractivity contribution in [3.8, 4) is 0 Å². The van der Waals surface area contributed by atoms with E-state index in [9.17, 15) is 0 Å². The lowest BCUT2D eigenvalue weighted by Crippen LogP contribution is -2.25. The van der Waals surface area contributed by atoms with Crippen molar-refractivity contribution >= 4 is 11.3 Å². The molecule has 1 atom stereocenters. The maximum absolute atomic E-state index is 4.46. The Labute approximate surface area is 107 Å². The molecule has 0 aliphatic carbocycles. The summed E-state index contributed by atoms with van der Waals surface area (Å²) in [7, 11) is 2.04. The van der Waals surface area contributed by atoms with Crippen molar-refractivity contribution in [3.05, 3.63) is 40.1 Å². The van der Waals surface area contributed by atoms with Gasteiger partial charge in [0.05, 0.1) is 6.04 Å². The summed E-state index contributed by atoms with van der Waals surface area (Å²) in [4.78, 5) is 5.80. The highest BCUT2D eigenvalue weighted by Crippen LogP contribution is 2.25. The van der Waals surface area contributed by atoms with Gasteiger partial charge >= 0.3 is 0 Å². The zero-order chi connectivity index (χ0) is 12.3. The van der Waals surface area contributed by atoms with E-state index in [0.29, 0.717) is 0 Å². The molecule has 0 aliphatic rings. The lowest BCUT2D eigenvalue weighted by Gasteiger charge is -2.17. The van der Waals surface area contributed by atoms with Crippen molar-refractivity contribution in [2.75, 3.05) is 6.54 Å². The van der Waals surface area contributed by atoms with Crippen LogP contribution in [-0.4, -0.2) is 16.1 Å². The van der Waals surface area contributed by atoms with Crippen molar-refractivity contribution in [3.63, 3.8) is 0 Å². The van der Waals surface area contributed by atoms with Gasteiger partial charge in [0.2, 0.25) is 0 Å². The summed E-state index contributed by atoms with van der Waals surface area (Å²) in [5.74, 6) is 1.08. The number of hydrogen-bond acceptors (Lipinski definition) is 3. The van der Waals surface area contributed by atoms with Gasteiger partial charge in [0, 0.05) is 24.3 Å². The fourth-order valence-corrected chi connectivity index (χ4v) is 2.65. The molecule has 2 aromatic rings. The van der Waals surface area contributed by atoms with E-state index in [1.807, 2.05) is 19.4 Å². The van der Waals surface area contributed by atoms with Gasteiger partial charge in [-0.05, 0) is 36.9 Å². The average molecular weight is 249 g/mol. The highest BCUT2D eigenvalue weighted by atomic mass is 32.1. The molecule has 92 valence electrons. The number of aromatic nitrogens is 2. The standard InChI is InChI=1S/C13H19N3S/c1-4-5-14-12(11-8-10(2)17-9-11)13-15-6-7-16(13)3/h6-9,12,14H,4-5H2,1-3H3. The van der Waals surface area contributed by atoms with E-state index < -0.39 is 0 Å². The van der Waals surface area contributed by atoms with Crippen LogP contribution >= 0.6 is 11.3 Å². The van der Waals surface area contributed by atoms with Crippen molar-refractivity contribution in [2.45, 2.75) is 26.3 Å². The third-order valence-corrected chi connectivity index (χ3v) is 3.68. The Hall–Kier alpha value is -1.13. The number of aryl methyl sites for hydroxylation is 2. The van der Waals surface area contributed by atoms with Gasteiger partial charge in [-0.15, -0.1) is 11.3 Å². The number of nitrogens with one attached hydrogen (secondary N) is 1. The maximum atomic E-state index is 4.46. The van der Waals surface area contributed by atoms with Crippen LogP contribution in [0.1, 0.15) is 35.7 Å². The molecule has 0 saturated carbocycles. The van der Waals surface area contributed by atoms with Crippen LogP contribution in [0, 0.1) is 6.92 Å². The summed E-state index contributed by atoms with van der Waals surface area (Å²) in [6, 6.07) is 2.45. The third-order valence-electron chi connectivity index (χ3n) is 2.80. The highest BCUT2D eigenvalue weighted by Gasteiger charge is 2.18. The molecule has 2 rings (SSSR count). The average Bonchev–Trinajstić information content (AvgIpc) is 2.90. The van der Waals surface area contributed by atoms with E-state index in [1.54, 1.807) is 11.3 Å². The molecule has 0 bridgehead atoms. The van der Waals surface area contributed by atoms with Crippen LogP contribution in [-0.2, 0) is 7.05 Å². The Bertz CT molecular complexity index is 472. The van der Waals surface area contributed by atoms with E-state index in [2.05, 4.69) is 40.2 Å². The first-order valence-electron chi connectivity index (χ1n) is 5.98. The summed E-state index contributed by atoms with van der Waals surface area (Å²) in [5, 5.41) is 5.79. The Morgan fingerprint density at radius 1 is 1.53 bits per heavy atom. The Morgan fingerprint density at radius 3 is 2.88 bits per heavy atom. The zero-order valence-electron chi connectivity index (χ0n) is 10.6. The van der Waals surface area contributed by atoms with Crippen molar-refractivity contribution in [2.24, 2.45) is 7.05 Å². The second kappa shape index (κ2) is 5.47. The first kappa shape index (κ1) is 12.3. The van der Waals surface area contributed by atoms with Crippen LogP contribution in [0.4, 0.5) is 0 Å². The fraction of sp³-hybridized carbons (Fsp3) is 0.462. The van der Waals surface area contributed by atoms with E-state index in [-0.39, 0.29) is 6.04 Å². The molecular formula is C13H19N3S. The molecule has 3 nitrogen and oxygen atoms in total. The molecule has 0 aliphatic heterocycles. The van der Waals surface area contributed by atoms with E-state index >= 15 is 0 Å². The van der Waals surface area contributed by atoms with Gasteiger partial charge in [-0.1, -0.05) is 6.92 Å². The summed E-state index contributed by atoms with van der Waals surface area (Å²) >= 11 is 1.79. The summed E-state index contributed by atoms with van der Waals surface area (Å²) in [6.07, 6.45) is 4.98. The minimum atomic E-state index is 0.208. The topological polar surface area (TPSA) is 29.9 Å². The van der Waals surface area contributed by atoms with Crippen molar-refractivity contribution in [1.82, 2.24) is 14.9 Å². The molecule has 0 amide bonds. The van der Waals surface area contributed by atoms with Crippen LogP contribution in [0.25, 0.3) is 0 Å². The number of nitrogens with zero attached hydrogens (tertiary/aromatic N) is 2. The first-order chi connectivity index (χ1) is 8.22. The Morgan fingerprint density at radius 2 is 2.35 bits per heavy atom. The number of hydrogen-bond donors (Lipinski definition) is 1. The van der Waals surface area contributed by atoms with Crippen LogP contribution in [0.15, 0.2) is 23.8 Å². The number of imidazole rings is 1. The van der Waals surface area contributed by atoms with Crippen LogP contribution in [0.2, 0.25) is 0 Å². The summed E-state index contributed by atoms with van der Waals surface area (Å²) in [5.41, 5.74) is 1.32. The number of thiophene rings is 1. The van der Waals surface area contributed by atoms with Gasteiger partial charge in [-0.25, -0.2) is 4.98 Å². The lowest BCUT2D eigenvalue weighted by atomic mass is 10.1. The fourth-order valence-electron chi connectivity index (χ4n) is 1.92. The minimum absolute atomic E-state index is 0.208. The molecule has 0 spiro atoms. The minimum Gasteiger partial charge on any atom is -0.336 e. The van der Waals surface area contributed by atoms with E-state index in [4.69, 9.17) is 0 Å². The summed E-state index contributed by atoms with van der Waals surface area (Å²) in [6.45, 7) is 5.33. The molecule has 2 heterocycles. The third kappa shape index (κ3) is 2.76. The molecule has 1 N–H and O–H groups in total. The molecule has 0 fully saturated rings. The second-order valence-corrected chi connectivity index (χ2v) is 5.39. The van der Waals surface area contributed by atoms with E-state index in [0.717, 1.165) is 18.8 Å². The zero-order valence-corrected chi connectivity index (χ0v) is 11.4. The molecule has 0 saturated heterocycles. The predicted molar refractivity (Wildman–Crippen MR) is 72.4 cm³/mol. The summed E-state index contributed by atoms with van der Waals surface area (Å²) < 4.78 is 2.08. The van der Waals surface area contributed by atoms with Gasteiger partial charge in [0.1, 0.15) is 5.82 Å². The maximum Gasteiger partial charge on any atom is 0.130 e. The van der Waals surface area contributed by atoms with Gasteiger partial charge < -0.3 is 9.88 Å². The molecule has 0 radical (unpaired) electrons. The van der Waals surface area contributed by atoms with E-state index in [1.165, 1.54) is 10.4 Å². The van der Waals surface area contributed by atoms with Crippen LogP contribution in [0.5, 0.6) is 0 Å². The van der Waals surface area contributed by atoms with Crippen LogP contribution < -0.4 is 5.32 Å². The van der Waals surface area contributed by atoms with Gasteiger partial charge in [0.15, 0.2) is 0 Å². The largest absolute Gasteiger partial charge is 0.336 e. The molecular weight excluding hydrogens is 230 g/mol. The quantitative estimate of drug-likeness (QED) is 0.883. The first-order valence-corrected chi connectivity index (χ1v) is 6.86. The SMILES string of the molecule is CCCNC(c1csc(C)c1)c1nccn1C. The monoisotopic (exact) mass is 249 g/mol. The van der Waals surface area contributed by atoms with Gasteiger partial charge in [0.25, 0.3) is 0 Å².